The Balaban J connectivity index is 1.44. The molecule has 0 unspecified atom stereocenters. The molecule has 3 aliphatic rings. The van der Waals surface area contributed by atoms with Crippen molar-refractivity contribution in [1.29, 1.82) is 0 Å². The molecule has 124 valence electrons. The van der Waals surface area contributed by atoms with E-state index in [2.05, 4.69) is 21.2 Å². The normalized spacial score (nSPS) is 22.7. The number of piperazine rings is 1. The second kappa shape index (κ2) is 6.52. The highest BCUT2D eigenvalue weighted by atomic mass is 16.2. The molecule has 1 aromatic rings. The van der Waals surface area contributed by atoms with Crippen molar-refractivity contribution < 1.29 is 4.79 Å². The van der Waals surface area contributed by atoms with E-state index in [0.29, 0.717) is 0 Å². The molecule has 1 saturated carbocycles. The van der Waals surface area contributed by atoms with Gasteiger partial charge in [-0.1, -0.05) is 18.9 Å². The zero-order chi connectivity index (χ0) is 15.6. The quantitative estimate of drug-likeness (QED) is 0.912. The number of nitrogens with one attached hydrogen (secondary N) is 1. The number of anilines is 1. The molecule has 23 heavy (non-hydrogen) atoms. The van der Waals surface area contributed by atoms with Crippen LogP contribution in [0.4, 0.5) is 5.69 Å². The first-order valence-corrected chi connectivity index (χ1v) is 9.22. The summed E-state index contributed by atoms with van der Waals surface area (Å²) >= 11 is 0. The van der Waals surface area contributed by atoms with Crippen molar-refractivity contribution in [3.05, 3.63) is 29.3 Å². The second-order valence-corrected chi connectivity index (χ2v) is 7.13. The van der Waals surface area contributed by atoms with Gasteiger partial charge in [-0.25, -0.2) is 0 Å². The Bertz CT molecular complexity index is 572. The van der Waals surface area contributed by atoms with Crippen LogP contribution in [0.15, 0.2) is 18.2 Å². The van der Waals surface area contributed by atoms with Gasteiger partial charge in [-0.3, -0.25) is 9.69 Å². The van der Waals surface area contributed by atoms with Gasteiger partial charge in [-0.15, -0.1) is 0 Å². The van der Waals surface area contributed by atoms with Gasteiger partial charge in [0.05, 0.1) is 0 Å². The molecular formula is C19H27N3O. The highest BCUT2D eigenvalue weighted by Crippen LogP contribution is 2.28. The largest absolute Gasteiger partial charge is 0.385 e. The average molecular weight is 313 g/mol. The molecule has 4 nitrogen and oxygen atoms in total. The molecule has 1 amide bonds. The van der Waals surface area contributed by atoms with E-state index in [9.17, 15) is 4.79 Å². The van der Waals surface area contributed by atoms with Gasteiger partial charge in [0.2, 0.25) is 0 Å². The lowest BCUT2D eigenvalue weighted by Gasteiger charge is -2.38. The van der Waals surface area contributed by atoms with E-state index in [-0.39, 0.29) is 5.91 Å². The SMILES string of the molecule is O=C(c1cccc2c1CCCN2)N1CCN(C2CCCC2)CC1. The molecule has 0 bridgehead atoms. The number of hydrogen-bond donors (Lipinski definition) is 1. The highest BCUT2D eigenvalue weighted by molar-refractivity contribution is 5.97. The summed E-state index contributed by atoms with van der Waals surface area (Å²) in [7, 11) is 0. The Labute approximate surface area is 138 Å². The van der Waals surface area contributed by atoms with Crippen LogP contribution in [0.2, 0.25) is 0 Å². The number of rotatable bonds is 2. The van der Waals surface area contributed by atoms with Gasteiger partial charge in [0.25, 0.3) is 5.91 Å². The van der Waals surface area contributed by atoms with Gasteiger partial charge in [0.15, 0.2) is 0 Å². The summed E-state index contributed by atoms with van der Waals surface area (Å²) in [6.45, 7) is 4.87. The number of fused-ring (bicyclic) bond motifs is 1. The maximum absolute atomic E-state index is 13.0. The van der Waals surface area contributed by atoms with Crippen molar-refractivity contribution in [3.8, 4) is 0 Å². The fourth-order valence-electron chi connectivity index (χ4n) is 4.44. The number of nitrogens with zero attached hydrogens (tertiary/aromatic N) is 2. The molecule has 1 saturated heterocycles. The van der Waals surface area contributed by atoms with E-state index in [4.69, 9.17) is 0 Å². The molecule has 0 atom stereocenters. The molecule has 0 radical (unpaired) electrons. The van der Waals surface area contributed by atoms with E-state index >= 15 is 0 Å². The van der Waals surface area contributed by atoms with Crippen LogP contribution in [0, 0.1) is 0 Å². The van der Waals surface area contributed by atoms with Crippen LogP contribution in [-0.4, -0.2) is 54.5 Å². The smallest absolute Gasteiger partial charge is 0.254 e. The Hall–Kier alpha value is -1.55. The van der Waals surface area contributed by atoms with Crippen LogP contribution in [-0.2, 0) is 6.42 Å². The minimum atomic E-state index is 0.233. The molecule has 2 heterocycles. The summed E-state index contributed by atoms with van der Waals surface area (Å²) < 4.78 is 0. The molecule has 1 aliphatic carbocycles. The van der Waals surface area contributed by atoms with E-state index in [0.717, 1.165) is 62.9 Å². The predicted molar refractivity (Wildman–Crippen MR) is 93.0 cm³/mol. The fourth-order valence-corrected chi connectivity index (χ4v) is 4.44. The molecule has 4 rings (SSSR count). The molecule has 0 spiro atoms. The van der Waals surface area contributed by atoms with Gasteiger partial charge in [-0.05, 0) is 43.4 Å². The molecule has 0 aromatic heterocycles. The highest BCUT2D eigenvalue weighted by Gasteiger charge is 2.29. The van der Waals surface area contributed by atoms with Crippen molar-refractivity contribution in [2.75, 3.05) is 38.0 Å². The van der Waals surface area contributed by atoms with Crippen LogP contribution in [0.25, 0.3) is 0 Å². The number of carbonyl (C=O) groups is 1. The first-order valence-electron chi connectivity index (χ1n) is 9.22. The van der Waals surface area contributed by atoms with Gasteiger partial charge in [0.1, 0.15) is 0 Å². The van der Waals surface area contributed by atoms with Crippen molar-refractivity contribution in [3.63, 3.8) is 0 Å². The Morgan fingerprint density at radius 1 is 1.04 bits per heavy atom. The van der Waals surface area contributed by atoms with E-state index < -0.39 is 0 Å². The lowest BCUT2D eigenvalue weighted by molar-refractivity contribution is 0.0572. The van der Waals surface area contributed by atoms with Crippen molar-refractivity contribution in [1.82, 2.24) is 9.80 Å². The minimum Gasteiger partial charge on any atom is -0.385 e. The molecule has 2 fully saturated rings. The van der Waals surface area contributed by atoms with Gasteiger partial charge < -0.3 is 10.2 Å². The Morgan fingerprint density at radius 3 is 2.61 bits per heavy atom. The first kappa shape index (κ1) is 15.0. The van der Waals surface area contributed by atoms with E-state index in [1.165, 1.54) is 31.2 Å². The van der Waals surface area contributed by atoms with Crippen LogP contribution >= 0.6 is 0 Å². The Morgan fingerprint density at radius 2 is 1.83 bits per heavy atom. The third-order valence-corrected chi connectivity index (χ3v) is 5.77. The number of hydrogen-bond acceptors (Lipinski definition) is 3. The van der Waals surface area contributed by atoms with Gasteiger partial charge in [-0.2, -0.15) is 0 Å². The minimum absolute atomic E-state index is 0.233. The van der Waals surface area contributed by atoms with Gasteiger partial charge >= 0.3 is 0 Å². The molecule has 2 aliphatic heterocycles. The topological polar surface area (TPSA) is 35.6 Å². The predicted octanol–water partition coefficient (Wildman–Crippen LogP) is 2.75. The molecule has 1 aromatic carbocycles. The molecule has 1 N–H and O–H groups in total. The number of carbonyl (C=O) groups excluding carboxylic acids is 1. The average Bonchev–Trinajstić information content (AvgIpc) is 3.15. The van der Waals surface area contributed by atoms with Crippen LogP contribution in [0.3, 0.4) is 0 Å². The van der Waals surface area contributed by atoms with Crippen LogP contribution < -0.4 is 5.32 Å². The van der Waals surface area contributed by atoms with Crippen molar-refractivity contribution in [2.24, 2.45) is 0 Å². The summed E-state index contributed by atoms with van der Waals surface area (Å²) in [5.41, 5.74) is 3.30. The fraction of sp³-hybridized carbons (Fsp3) is 0.632. The zero-order valence-electron chi connectivity index (χ0n) is 13.9. The lowest BCUT2D eigenvalue weighted by atomic mass is 9.96. The van der Waals surface area contributed by atoms with Crippen molar-refractivity contribution in [2.45, 2.75) is 44.6 Å². The summed E-state index contributed by atoms with van der Waals surface area (Å²) in [6.07, 6.45) is 7.61. The second-order valence-electron chi connectivity index (χ2n) is 7.13. The maximum atomic E-state index is 13.0. The van der Waals surface area contributed by atoms with Crippen molar-refractivity contribution >= 4 is 11.6 Å². The summed E-state index contributed by atoms with van der Waals surface area (Å²) in [4.78, 5) is 17.7. The molecular weight excluding hydrogens is 286 g/mol. The summed E-state index contributed by atoms with van der Waals surface area (Å²) in [5, 5.41) is 3.43. The Kier molecular flexibility index (Phi) is 4.25. The number of benzene rings is 1. The lowest BCUT2D eigenvalue weighted by Crippen LogP contribution is -2.51. The van der Waals surface area contributed by atoms with Crippen LogP contribution in [0.5, 0.6) is 0 Å². The van der Waals surface area contributed by atoms with Crippen LogP contribution in [0.1, 0.15) is 48.0 Å². The third kappa shape index (κ3) is 2.97. The standard InChI is InChI=1S/C19H27N3O/c23-19(17-7-3-9-18-16(17)8-4-10-20-18)22-13-11-21(12-14-22)15-5-1-2-6-15/h3,7,9,15,20H,1-2,4-6,8,10-14H2. The maximum Gasteiger partial charge on any atom is 0.254 e. The monoisotopic (exact) mass is 313 g/mol. The van der Waals surface area contributed by atoms with Gasteiger partial charge in [0, 0.05) is 50.0 Å². The number of amides is 1. The van der Waals surface area contributed by atoms with E-state index in [1.54, 1.807) is 0 Å². The molecule has 4 heteroatoms. The zero-order valence-corrected chi connectivity index (χ0v) is 13.9. The third-order valence-electron chi connectivity index (χ3n) is 5.77. The first-order chi connectivity index (χ1) is 11.3. The summed E-state index contributed by atoms with van der Waals surface area (Å²) in [5.74, 6) is 0.233. The summed E-state index contributed by atoms with van der Waals surface area (Å²) in [6, 6.07) is 6.90. The van der Waals surface area contributed by atoms with E-state index in [1.807, 2.05) is 12.1 Å².